The SMILES string of the molecule is c1ccc(-c2c3ccccc3nc3c2ccc2ccc(-c4ccc(-c5ccc6ccc7cccnc7c6n5)c5cccnc45)nc23)cc1.c1ccc(-c2c3ccccc3nc3c2ccc2ccc(-c4ccc5c(ccc6cc(-c7ccc8ccc9cccnc9c8n7)ccc65)c4)nc23)cc1. The molecule has 0 bridgehead atoms. The minimum absolute atomic E-state index is 0.850. The van der Waals surface area contributed by atoms with Crippen LogP contribution in [0.5, 0.6) is 0 Å². The van der Waals surface area contributed by atoms with Gasteiger partial charge in [0.15, 0.2) is 0 Å². The Hall–Kier alpha value is -13.6. The second-order valence-electron chi connectivity index (χ2n) is 25.5. The van der Waals surface area contributed by atoms with Crippen LogP contribution >= 0.6 is 0 Å². The van der Waals surface area contributed by atoms with E-state index >= 15 is 0 Å². The Labute approximate surface area is 572 Å². The summed E-state index contributed by atoms with van der Waals surface area (Å²) in [7, 11) is 0. The van der Waals surface area contributed by atoms with Gasteiger partial charge in [-0.2, -0.15) is 0 Å². The smallest absolute Gasteiger partial charge is 0.0978 e. The van der Waals surface area contributed by atoms with Gasteiger partial charge in [-0.05, 0) is 105 Å². The van der Waals surface area contributed by atoms with Crippen molar-refractivity contribution in [3.05, 3.63) is 322 Å². The molecule has 0 aliphatic heterocycles. The fourth-order valence-corrected chi connectivity index (χ4v) is 15.0. The highest BCUT2D eigenvalue weighted by molar-refractivity contribution is 6.19. The van der Waals surface area contributed by atoms with E-state index in [1.54, 1.807) is 0 Å². The van der Waals surface area contributed by atoms with E-state index in [0.29, 0.717) is 0 Å². The highest BCUT2D eigenvalue weighted by atomic mass is 14.8. The maximum absolute atomic E-state index is 5.32. The van der Waals surface area contributed by atoms with Crippen LogP contribution in [0.3, 0.4) is 0 Å². The summed E-state index contributed by atoms with van der Waals surface area (Å²) >= 11 is 0. The predicted octanol–water partition coefficient (Wildman–Crippen LogP) is 22.9. The average Bonchev–Trinajstić information content (AvgIpc) is 0.746. The third kappa shape index (κ3) is 9.43. The van der Waals surface area contributed by atoms with Crippen molar-refractivity contribution in [2.45, 2.75) is 0 Å². The molecular formula is C91H53N9. The number of para-hydroxylation sites is 2. The second kappa shape index (κ2) is 23.0. The summed E-state index contributed by atoms with van der Waals surface area (Å²) in [5, 5.41) is 16.7. The molecule has 9 heteroatoms. The van der Waals surface area contributed by atoms with Crippen LogP contribution in [0.1, 0.15) is 0 Å². The van der Waals surface area contributed by atoms with Crippen molar-refractivity contribution in [1.29, 1.82) is 0 Å². The predicted molar refractivity (Wildman–Crippen MR) is 413 cm³/mol. The zero-order chi connectivity index (χ0) is 65.8. The first kappa shape index (κ1) is 56.7. The number of benzene rings is 12. The molecule has 12 aromatic carbocycles. The van der Waals surface area contributed by atoms with E-state index < -0.39 is 0 Å². The molecule has 0 atom stereocenters. The molecule has 9 nitrogen and oxygen atoms in total. The quantitative estimate of drug-likeness (QED) is 0.119. The normalized spacial score (nSPS) is 11.8. The van der Waals surface area contributed by atoms with Crippen molar-refractivity contribution >= 4 is 141 Å². The van der Waals surface area contributed by atoms with Gasteiger partial charge in [0.2, 0.25) is 0 Å². The van der Waals surface area contributed by atoms with Crippen LogP contribution in [-0.2, 0) is 0 Å². The van der Waals surface area contributed by atoms with Crippen molar-refractivity contribution in [2.75, 3.05) is 0 Å². The maximum Gasteiger partial charge on any atom is 0.0978 e. The van der Waals surface area contributed by atoms with Crippen molar-refractivity contribution in [3.8, 4) is 67.3 Å². The highest BCUT2D eigenvalue weighted by Gasteiger charge is 2.20. The Morgan fingerprint density at radius 3 is 1.02 bits per heavy atom. The van der Waals surface area contributed by atoms with E-state index in [1.165, 1.54) is 38.2 Å². The van der Waals surface area contributed by atoms with Crippen LogP contribution < -0.4 is 0 Å². The summed E-state index contributed by atoms with van der Waals surface area (Å²) in [5.41, 5.74) is 22.5. The van der Waals surface area contributed by atoms with Crippen molar-refractivity contribution in [1.82, 2.24) is 44.9 Å². The molecule has 9 heterocycles. The van der Waals surface area contributed by atoms with Gasteiger partial charge < -0.3 is 0 Å². The molecule has 0 spiro atoms. The Kier molecular flexibility index (Phi) is 13.1. The van der Waals surface area contributed by atoms with Gasteiger partial charge in [-0.3, -0.25) is 15.0 Å². The van der Waals surface area contributed by atoms with Crippen molar-refractivity contribution in [2.24, 2.45) is 0 Å². The zero-order valence-electron chi connectivity index (χ0n) is 53.6. The van der Waals surface area contributed by atoms with Gasteiger partial charge in [0.05, 0.1) is 83.5 Å². The molecule has 0 radical (unpaired) electrons. The van der Waals surface area contributed by atoms with Gasteiger partial charge in [-0.1, -0.05) is 231 Å². The number of hydrogen-bond acceptors (Lipinski definition) is 9. The molecule has 0 aliphatic rings. The van der Waals surface area contributed by atoms with E-state index in [0.717, 1.165) is 171 Å². The molecule has 100 heavy (non-hydrogen) atoms. The molecule has 462 valence electrons. The summed E-state index contributed by atoms with van der Waals surface area (Å²) in [5.74, 6) is 0. The number of pyridine rings is 9. The van der Waals surface area contributed by atoms with E-state index in [4.69, 9.17) is 34.9 Å². The summed E-state index contributed by atoms with van der Waals surface area (Å²) in [6.07, 6.45) is 5.50. The first-order chi connectivity index (χ1) is 49.5. The number of rotatable bonds is 6. The maximum atomic E-state index is 5.32. The van der Waals surface area contributed by atoms with E-state index in [2.05, 4.69) is 289 Å². The lowest BCUT2D eigenvalue weighted by molar-refractivity contribution is 1.35. The lowest BCUT2D eigenvalue weighted by Crippen LogP contribution is -1.95. The van der Waals surface area contributed by atoms with Gasteiger partial charge >= 0.3 is 0 Å². The third-order valence-electron chi connectivity index (χ3n) is 19.8. The molecule has 0 aliphatic carbocycles. The Balaban J connectivity index is 0.000000135. The minimum Gasteiger partial charge on any atom is -0.256 e. The second-order valence-corrected chi connectivity index (χ2v) is 25.5. The number of fused-ring (bicyclic) bond motifs is 18. The molecule has 0 unspecified atom stereocenters. The summed E-state index contributed by atoms with van der Waals surface area (Å²) in [6, 6.07) is 106. The highest BCUT2D eigenvalue weighted by Crippen LogP contribution is 2.42. The average molecular weight is 1270 g/mol. The first-order valence-corrected chi connectivity index (χ1v) is 33.6. The molecule has 9 aromatic heterocycles. The molecular weight excluding hydrogens is 1220 g/mol. The molecule has 0 N–H and O–H groups in total. The van der Waals surface area contributed by atoms with Crippen LogP contribution in [0.15, 0.2) is 322 Å². The lowest BCUT2D eigenvalue weighted by atomic mass is 9.95. The number of nitrogens with zero attached hydrogens (tertiary/aromatic N) is 9. The zero-order valence-corrected chi connectivity index (χ0v) is 53.6. The van der Waals surface area contributed by atoms with Gasteiger partial charge in [0, 0.05) is 111 Å². The molecule has 0 amide bonds. The Morgan fingerprint density at radius 1 is 0.170 bits per heavy atom. The van der Waals surface area contributed by atoms with Crippen LogP contribution in [0, 0.1) is 0 Å². The summed E-state index contributed by atoms with van der Waals surface area (Å²) in [4.78, 5) is 45.4. The fourth-order valence-electron chi connectivity index (χ4n) is 15.0. The topological polar surface area (TPSA) is 116 Å². The lowest BCUT2D eigenvalue weighted by Gasteiger charge is -2.14. The number of hydrogen-bond donors (Lipinski definition) is 0. The van der Waals surface area contributed by atoms with E-state index in [9.17, 15) is 0 Å². The van der Waals surface area contributed by atoms with Crippen LogP contribution in [0.25, 0.3) is 209 Å². The molecule has 0 fully saturated rings. The summed E-state index contributed by atoms with van der Waals surface area (Å²) in [6.45, 7) is 0. The minimum atomic E-state index is 0.850. The molecule has 21 rings (SSSR count). The van der Waals surface area contributed by atoms with Crippen molar-refractivity contribution < 1.29 is 0 Å². The third-order valence-corrected chi connectivity index (χ3v) is 19.8. The first-order valence-electron chi connectivity index (χ1n) is 33.6. The van der Waals surface area contributed by atoms with Gasteiger partial charge in [0.25, 0.3) is 0 Å². The standard InChI is InChI=1S/C48H28N4.C43H25N5/c1-2-7-29(8-3-1)44-39-10-4-5-11-43(39)52-48-40(44)23-16-32-20-25-42(51-47(32)48)36-18-22-38-34(28-36)15-14-33-27-35(17-21-37(33)38)41-24-19-31-13-12-30-9-6-26-49-45(30)46(31)50-41;1-2-8-26(9-3-1)38-32-11-4-5-13-35(32)48-43-34(38)19-16-29-18-23-37(47-41(29)43)33-21-20-30(31-12-7-25-45-42(31)33)36-22-17-28-15-14-27-10-6-24-44-39(27)40(28)46-36/h1-28H;1-25H. The van der Waals surface area contributed by atoms with E-state index in [1.807, 2.05) is 42.9 Å². The largest absolute Gasteiger partial charge is 0.256 e. The van der Waals surface area contributed by atoms with Crippen LogP contribution in [0.2, 0.25) is 0 Å². The molecule has 0 saturated carbocycles. The monoisotopic (exact) mass is 1270 g/mol. The van der Waals surface area contributed by atoms with Gasteiger partial charge in [-0.15, -0.1) is 0 Å². The fraction of sp³-hybridized carbons (Fsp3) is 0. The molecule has 0 saturated heterocycles. The number of aromatic nitrogens is 9. The Bertz CT molecular complexity index is 6980. The van der Waals surface area contributed by atoms with Gasteiger partial charge in [-0.25, -0.2) is 29.9 Å². The van der Waals surface area contributed by atoms with Crippen LogP contribution in [0.4, 0.5) is 0 Å². The van der Waals surface area contributed by atoms with Gasteiger partial charge in [0.1, 0.15) is 0 Å². The van der Waals surface area contributed by atoms with Crippen LogP contribution in [-0.4, -0.2) is 44.9 Å². The molecule has 21 aromatic rings. The summed E-state index contributed by atoms with van der Waals surface area (Å²) < 4.78 is 0. The van der Waals surface area contributed by atoms with Crippen molar-refractivity contribution in [3.63, 3.8) is 0 Å². The Morgan fingerprint density at radius 2 is 0.520 bits per heavy atom. The van der Waals surface area contributed by atoms with E-state index in [-0.39, 0.29) is 0 Å².